The summed E-state index contributed by atoms with van der Waals surface area (Å²) in [6.45, 7) is 11.8. The van der Waals surface area contributed by atoms with Crippen LogP contribution >= 0.6 is 0 Å². The zero-order valence-electron chi connectivity index (χ0n) is 14.9. The third-order valence-electron chi connectivity index (χ3n) is 4.45. The number of nitrogens with zero attached hydrogens (tertiary/aromatic N) is 1. The van der Waals surface area contributed by atoms with Crippen LogP contribution in [0, 0.1) is 13.8 Å². The highest BCUT2D eigenvalue weighted by atomic mass is 16.2. The fourth-order valence-corrected chi connectivity index (χ4v) is 2.68. The van der Waals surface area contributed by atoms with Crippen molar-refractivity contribution in [2.75, 3.05) is 16.8 Å². The molecule has 2 N–H and O–H groups in total. The predicted molar refractivity (Wildman–Crippen MR) is 93.9 cm³/mol. The van der Waals surface area contributed by atoms with E-state index < -0.39 is 5.54 Å². The lowest BCUT2D eigenvalue weighted by atomic mass is 9.96. The van der Waals surface area contributed by atoms with E-state index in [1.54, 1.807) is 4.90 Å². The monoisotopic (exact) mass is 317 g/mol. The first-order chi connectivity index (χ1) is 10.7. The first-order valence-corrected chi connectivity index (χ1v) is 8.16. The number of hydrogen-bond acceptors (Lipinski definition) is 3. The standard InChI is InChI=1S/C18H27N3O2/c1-7-13(4)19-16(22)10-21-15-9-12(3)11(2)8-14(15)20-18(5,6)17(21)23/h8-9,13,20H,7,10H2,1-6H3,(H,19,22). The zero-order chi connectivity index (χ0) is 17.4. The fourth-order valence-electron chi connectivity index (χ4n) is 2.68. The van der Waals surface area contributed by atoms with Crippen LogP contribution in [0.1, 0.15) is 45.2 Å². The largest absolute Gasteiger partial charge is 0.370 e. The summed E-state index contributed by atoms with van der Waals surface area (Å²) in [6.07, 6.45) is 0.863. The highest BCUT2D eigenvalue weighted by Crippen LogP contribution is 2.37. The van der Waals surface area contributed by atoms with Crippen LogP contribution in [0.2, 0.25) is 0 Å². The number of rotatable bonds is 4. The average molecular weight is 317 g/mol. The number of anilines is 2. The van der Waals surface area contributed by atoms with Gasteiger partial charge in [0.15, 0.2) is 0 Å². The van der Waals surface area contributed by atoms with Crippen molar-refractivity contribution in [3.05, 3.63) is 23.3 Å². The molecule has 0 spiro atoms. The van der Waals surface area contributed by atoms with Gasteiger partial charge in [-0.15, -0.1) is 0 Å². The quantitative estimate of drug-likeness (QED) is 0.897. The summed E-state index contributed by atoms with van der Waals surface area (Å²) in [4.78, 5) is 26.6. The second-order valence-electron chi connectivity index (χ2n) is 6.97. The van der Waals surface area contributed by atoms with E-state index in [0.717, 1.165) is 28.9 Å². The molecule has 0 saturated carbocycles. The van der Waals surface area contributed by atoms with Crippen LogP contribution in [0.5, 0.6) is 0 Å². The Balaban J connectivity index is 2.36. The molecule has 0 fully saturated rings. The van der Waals surface area contributed by atoms with Crippen molar-refractivity contribution in [1.29, 1.82) is 0 Å². The zero-order valence-corrected chi connectivity index (χ0v) is 14.9. The van der Waals surface area contributed by atoms with Crippen molar-refractivity contribution < 1.29 is 9.59 Å². The lowest BCUT2D eigenvalue weighted by molar-refractivity contribution is -0.126. The molecule has 23 heavy (non-hydrogen) atoms. The first kappa shape index (κ1) is 17.3. The van der Waals surface area contributed by atoms with Crippen molar-refractivity contribution >= 4 is 23.2 Å². The summed E-state index contributed by atoms with van der Waals surface area (Å²) >= 11 is 0. The number of aryl methyl sites for hydroxylation is 2. The molecule has 2 amide bonds. The Bertz CT molecular complexity index is 637. The van der Waals surface area contributed by atoms with Gasteiger partial charge in [0.25, 0.3) is 5.91 Å². The van der Waals surface area contributed by atoms with Crippen LogP contribution in [0.25, 0.3) is 0 Å². The molecule has 1 atom stereocenters. The van der Waals surface area contributed by atoms with Crippen molar-refractivity contribution in [2.24, 2.45) is 0 Å². The molecule has 1 aromatic carbocycles. The molecule has 0 aromatic heterocycles. The maximum absolute atomic E-state index is 12.8. The molecule has 1 aliphatic rings. The van der Waals surface area contributed by atoms with Crippen LogP contribution in [0.3, 0.4) is 0 Å². The average Bonchev–Trinajstić information content (AvgIpc) is 2.46. The second-order valence-corrected chi connectivity index (χ2v) is 6.97. The third kappa shape index (κ3) is 3.49. The Hall–Kier alpha value is -2.04. The van der Waals surface area contributed by atoms with Gasteiger partial charge in [-0.3, -0.25) is 14.5 Å². The second kappa shape index (κ2) is 6.22. The van der Waals surface area contributed by atoms with E-state index in [9.17, 15) is 9.59 Å². The lowest BCUT2D eigenvalue weighted by Crippen LogP contribution is -2.56. The minimum absolute atomic E-state index is 0.0454. The molecule has 0 aliphatic carbocycles. The molecule has 126 valence electrons. The van der Waals surface area contributed by atoms with Gasteiger partial charge in [-0.25, -0.2) is 0 Å². The van der Waals surface area contributed by atoms with Gasteiger partial charge in [-0.1, -0.05) is 6.92 Å². The van der Waals surface area contributed by atoms with E-state index in [4.69, 9.17) is 0 Å². The summed E-state index contributed by atoms with van der Waals surface area (Å²) in [5.74, 6) is -0.220. The van der Waals surface area contributed by atoms with E-state index in [-0.39, 0.29) is 24.4 Å². The summed E-state index contributed by atoms with van der Waals surface area (Å²) in [6, 6.07) is 4.12. The SMILES string of the molecule is CCC(C)NC(=O)CN1C(=O)C(C)(C)Nc2cc(C)c(C)cc21. The molecule has 1 aromatic rings. The molecule has 5 nitrogen and oxygen atoms in total. The van der Waals surface area contributed by atoms with E-state index in [2.05, 4.69) is 10.6 Å². The van der Waals surface area contributed by atoms with Crippen molar-refractivity contribution in [2.45, 2.75) is 59.5 Å². The number of hydrogen-bond donors (Lipinski definition) is 2. The summed E-state index contributed by atoms with van der Waals surface area (Å²) in [7, 11) is 0. The van der Waals surface area contributed by atoms with Crippen molar-refractivity contribution in [1.82, 2.24) is 5.32 Å². The van der Waals surface area contributed by atoms with Crippen molar-refractivity contribution in [3.8, 4) is 0 Å². The first-order valence-electron chi connectivity index (χ1n) is 8.16. The normalized spacial score (nSPS) is 17.3. The van der Waals surface area contributed by atoms with Gasteiger partial charge in [0.2, 0.25) is 5.91 Å². The molecular weight excluding hydrogens is 290 g/mol. The molecule has 1 aliphatic heterocycles. The van der Waals surface area contributed by atoms with Crippen LogP contribution in [-0.2, 0) is 9.59 Å². The summed E-state index contributed by atoms with van der Waals surface area (Å²) in [5, 5.41) is 6.21. The fraction of sp³-hybridized carbons (Fsp3) is 0.556. The van der Waals surface area contributed by atoms with Crippen LogP contribution in [-0.4, -0.2) is 29.9 Å². The van der Waals surface area contributed by atoms with Crippen molar-refractivity contribution in [3.63, 3.8) is 0 Å². The minimum Gasteiger partial charge on any atom is -0.370 e. The number of benzene rings is 1. The van der Waals surface area contributed by atoms with Crippen LogP contribution in [0.4, 0.5) is 11.4 Å². The van der Waals surface area contributed by atoms with Crippen LogP contribution < -0.4 is 15.5 Å². The van der Waals surface area contributed by atoms with E-state index in [1.165, 1.54) is 0 Å². The maximum Gasteiger partial charge on any atom is 0.252 e. The summed E-state index contributed by atoms with van der Waals surface area (Å²) < 4.78 is 0. The number of fused-ring (bicyclic) bond motifs is 1. The molecule has 0 radical (unpaired) electrons. The number of carbonyl (C=O) groups is 2. The Morgan fingerprint density at radius 2 is 1.91 bits per heavy atom. The summed E-state index contributed by atoms with van der Waals surface area (Å²) in [5.41, 5.74) is 3.20. The van der Waals surface area contributed by atoms with E-state index >= 15 is 0 Å². The van der Waals surface area contributed by atoms with Gasteiger partial charge < -0.3 is 10.6 Å². The minimum atomic E-state index is -0.731. The van der Waals surface area contributed by atoms with E-state index in [1.807, 2.05) is 53.7 Å². The number of amides is 2. The van der Waals surface area contributed by atoms with Gasteiger partial charge in [0.1, 0.15) is 12.1 Å². The smallest absolute Gasteiger partial charge is 0.252 e. The molecular formula is C18H27N3O2. The van der Waals surface area contributed by atoms with Gasteiger partial charge in [0.05, 0.1) is 11.4 Å². The number of carbonyl (C=O) groups excluding carboxylic acids is 2. The number of nitrogens with one attached hydrogen (secondary N) is 2. The van der Waals surface area contributed by atoms with Gasteiger partial charge in [0, 0.05) is 6.04 Å². The molecule has 1 unspecified atom stereocenters. The molecule has 0 saturated heterocycles. The van der Waals surface area contributed by atoms with Gasteiger partial charge in [-0.05, 0) is 64.3 Å². The topological polar surface area (TPSA) is 61.4 Å². The Labute approximate surface area is 138 Å². The maximum atomic E-state index is 12.8. The molecule has 2 rings (SSSR count). The molecule has 0 bridgehead atoms. The Morgan fingerprint density at radius 1 is 1.30 bits per heavy atom. The lowest BCUT2D eigenvalue weighted by Gasteiger charge is -2.40. The Morgan fingerprint density at radius 3 is 2.52 bits per heavy atom. The highest BCUT2D eigenvalue weighted by molar-refractivity contribution is 6.10. The van der Waals surface area contributed by atoms with Crippen LogP contribution in [0.15, 0.2) is 12.1 Å². The predicted octanol–water partition coefficient (Wildman–Crippen LogP) is 2.76. The molecule has 5 heteroatoms. The Kier molecular flexibility index (Phi) is 4.68. The highest BCUT2D eigenvalue weighted by Gasteiger charge is 2.39. The van der Waals surface area contributed by atoms with Gasteiger partial charge >= 0.3 is 0 Å². The third-order valence-corrected chi connectivity index (χ3v) is 4.45. The molecule has 1 heterocycles. The van der Waals surface area contributed by atoms with E-state index in [0.29, 0.717) is 0 Å². The van der Waals surface area contributed by atoms with Gasteiger partial charge in [-0.2, -0.15) is 0 Å².